The third-order valence-corrected chi connectivity index (χ3v) is 5.14. The van der Waals surface area contributed by atoms with Crippen LogP contribution in [0.25, 0.3) is 0 Å². The Morgan fingerprint density at radius 2 is 2.09 bits per heavy atom. The lowest BCUT2D eigenvalue weighted by atomic mass is 10.3. The smallest absolute Gasteiger partial charge is 0.323 e. The van der Waals surface area contributed by atoms with Crippen molar-refractivity contribution in [2.45, 2.75) is 36.2 Å². The molecule has 1 atom stereocenters. The van der Waals surface area contributed by atoms with Gasteiger partial charge in [0, 0.05) is 6.04 Å². The van der Waals surface area contributed by atoms with Crippen LogP contribution in [-0.2, 0) is 4.79 Å². The Hall–Kier alpha value is -1.44. The number of H-pyrrole nitrogens is 1. The van der Waals surface area contributed by atoms with Crippen molar-refractivity contribution in [1.29, 1.82) is 0 Å². The summed E-state index contributed by atoms with van der Waals surface area (Å²) in [5.41, 5.74) is 0.145. The van der Waals surface area contributed by atoms with Crippen LogP contribution >= 0.6 is 35.0 Å². The Morgan fingerprint density at radius 3 is 2.70 bits per heavy atom. The van der Waals surface area contributed by atoms with Gasteiger partial charge in [0.2, 0.25) is 5.91 Å². The molecule has 1 aromatic heterocycles. The molecular formula is C14H14Cl2N4O2S. The SMILES string of the molecule is C[C@H](Sc1n[nH]c(=O)n1C1CC1)C(=O)Nc1c(Cl)cccc1Cl. The van der Waals surface area contributed by atoms with E-state index in [4.69, 9.17) is 23.2 Å². The highest BCUT2D eigenvalue weighted by molar-refractivity contribution is 8.00. The zero-order valence-electron chi connectivity index (χ0n) is 12.2. The van der Waals surface area contributed by atoms with Gasteiger partial charge in [-0.2, -0.15) is 0 Å². The number of halogens is 2. The molecule has 3 rings (SSSR count). The molecule has 6 nitrogen and oxygen atoms in total. The van der Waals surface area contributed by atoms with Crippen molar-refractivity contribution in [3.05, 3.63) is 38.7 Å². The predicted octanol–water partition coefficient (Wildman–Crippen LogP) is 3.33. The number of thioether (sulfide) groups is 1. The lowest BCUT2D eigenvalue weighted by molar-refractivity contribution is -0.115. The molecule has 23 heavy (non-hydrogen) atoms. The molecule has 0 unspecified atom stereocenters. The summed E-state index contributed by atoms with van der Waals surface area (Å²) in [6, 6.07) is 5.20. The summed E-state index contributed by atoms with van der Waals surface area (Å²) >= 11 is 13.3. The van der Waals surface area contributed by atoms with E-state index in [-0.39, 0.29) is 17.6 Å². The van der Waals surface area contributed by atoms with Gasteiger partial charge in [0.05, 0.1) is 21.0 Å². The quantitative estimate of drug-likeness (QED) is 0.788. The van der Waals surface area contributed by atoms with Crippen LogP contribution in [-0.4, -0.2) is 25.9 Å². The zero-order chi connectivity index (χ0) is 16.6. The highest BCUT2D eigenvalue weighted by Gasteiger charge is 2.30. The fraction of sp³-hybridized carbons (Fsp3) is 0.357. The van der Waals surface area contributed by atoms with Gasteiger partial charge in [-0.25, -0.2) is 9.89 Å². The fourth-order valence-corrected chi connectivity index (χ4v) is 3.50. The molecule has 1 aliphatic carbocycles. The molecule has 1 heterocycles. The van der Waals surface area contributed by atoms with Crippen molar-refractivity contribution in [2.24, 2.45) is 0 Å². The number of aromatic amines is 1. The highest BCUT2D eigenvalue weighted by Crippen LogP contribution is 2.37. The number of para-hydroxylation sites is 1. The topological polar surface area (TPSA) is 79.8 Å². The van der Waals surface area contributed by atoms with E-state index in [1.807, 2.05) is 0 Å². The van der Waals surface area contributed by atoms with Gasteiger partial charge in [-0.05, 0) is 31.9 Å². The van der Waals surface area contributed by atoms with Crippen LogP contribution in [0, 0.1) is 0 Å². The summed E-state index contributed by atoms with van der Waals surface area (Å²) in [6.07, 6.45) is 1.92. The monoisotopic (exact) mass is 372 g/mol. The van der Waals surface area contributed by atoms with E-state index in [0.29, 0.717) is 20.9 Å². The Balaban J connectivity index is 1.72. The van der Waals surface area contributed by atoms with Crippen molar-refractivity contribution in [3.8, 4) is 0 Å². The minimum atomic E-state index is -0.463. The zero-order valence-corrected chi connectivity index (χ0v) is 14.5. The minimum Gasteiger partial charge on any atom is -0.323 e. The van der Waals surface area contributed by atoms with E-state index < -0.39 is 5.25 Å². The first kappa shape index (κ1) is 16.4. The van der Waals surface area contributed by atoms with Gasteiger partial charge < -0.3 is 5.32 Å². The number of rotatable bonds is 5. The maximum atomic E-state index is 12.4. The third kappa shape index (κ3) is 3.57. The molecule has 1 aliphatic rings. The summed E-state index contributed by atoms with van der Waals surface area (Å²) in [5.74, 6) is -0.261. The van der Waals surface area contributed by atoms with Crippen LogP contribution in [0.4, 0.5) is 5.69 Å². The van der Waals surface area contributed by atoms with Crippen LogP contribution in [0.3, 0.4) is 0 Å². The standard InChI is InChI=1S/C14H14Cl2N4O2S/c1-7(12(21)17-11-9(15)3-2-4-10(11)16)23-14-19-18-13(22)20(14)8-5-6-8/h2-4,7-8H,5-6H2,1H3,(H,17,21)(H,18,22)/t7-/m0/s1. The Bertz CT molecular complexity index is 780. The third-order valence-electron chi connectivity index (χ3n) is 3.45. The molecule has 1 fully saturated rings. The second kappa shape index (κ2) is 6.59. The summed E-state index contributed by atoms with van der Waals surface area (Å²) in [6.45, 7) is 1.74. The van der Waals surface area contributed by atoms with Crippen molar-refractivity contribution in [3.63, 3.8) is 0 Å². The number of nitrogens with one attached hydrogen (secondary N) is 2. The average molecular weight is 373 g/mol. The first-order valence-corrected chi connectivity index (χ1v) is 8.69. The Kier molecular flexibility index (Phi) is 4.70. The van der Waals surface area contributed by atoms with E-state index in [1.165, 1.54) is 11.8 Å². The summed E-state index contributed by atoms with van der Waals surface area (Å²) in [5, 5.41) is 9.95. The number of benzene rings is 1. The van der Waals surface area contributed by atoms with Crippen molar-refractivity contribution >= 4 is 46.6 Å². The van der Waals surface area contributed by atoms with Crippen LogP contribution in [0.15, 0.2) is 28.2 Å². The number of anilines is 1. The van der Waals surface area contributed by atoms with E-state index in [1.54, 1.807) is 29.7 Å². The van der Waals surface area contributed by atoms with Crippen LogP contribution in [0.2, 0.25) is 10.0 Å². The van der Waals surface area contributed by atoms with Gasteiger partial charge in [-0.3, -0.25) is 9.36 Å². The van der Waals surface area contributed by atoms with Crippen LogP contribution in [0.5, 0.6) is 0 Å². The Labute approximate surface area is 146 Å². The number of amides is 1. The lowest BCUT2D eigenvalue weighted by Crippen LogP contribution is -2.24. The highest BCUT2D eigenvalue weighted by atomic mass is 35.5. The molecule has 1 aromatic carbocycles. The molecule has 9 heteroatoms. The minimum absolute atomic E-state index is 0.192. The van der Waals surface area contributed by atoms with Gasteiger partial charge in [0.15, 0.2) is 5.16 Å². The van der Waals surface area contributed by atoms with Crippen molar-refractivity contribution in [2.75, 3.05) is 5.32 Å². The largest absolute Gasteiger partial charge is 0.344 e. The molecule has 2 aromatic rings. The van der Waals surface area contributed by atoms with E-state index in [0.717, 1.165) is 12.8 Å². The fourth-order valence-electron chi connectivity index (χ4n) is 2.08. The average Bonchev–Trinajstić information content (AvgIpc) is 3.27. The van der Waals surface area contributed by atoms with Gasteiger partial charge in [0.1, 0.15) is 0 Å². The molecular weight excluding hydrogens is 359 g/mol. The molecule has 0 radical (unpaired) electrons. The number of aromatic nitrogens is 3. The number of nitrogens with zero attached hydrogens (tertiary/aromatic N) is 2. The predicted molar refractivity (Wildman–Crippen MR) is 91.5 cm³/mol. The molecule has 1 saturated carbocycles. The second-order valence-corrected chi connectivity index (χ2v) is 7.38. The molecule has 122 valence electrons. The maximum absolute atomic E-state index is 12.4. The molecule has 2 N–H and O–H groups in total. The van der Waals surface area contributed by atoms with E-state index in [2.05, 4.69) is 15.5 Å². The molecule has 0 aliphatic heterocycles. The normalized spacial score (nSPS) is 15.4. The van der Waals surface area contributed by atoms with E-state index >= 15 is 0 Å². The number of hydrogen-bond acceptors (Lipinski definition) is 4. The number of hydrogen-bond donors (Lipinski definition) is 2. The van der Waals surface area contributed by atoms with Gasteiger partial charge in [0.25, 0.3) is 0 Å². The van der Waals surface area contributed by atoms with Gasteiger partial charge in [-0.1, -0.05) is 41.0 Å². The molecule has 0 bridgehead atoms. The first-order valence-electron chi connectivity index (χ1n) is 7.06. The van der Waals surface area contributed by atoms with E-state index in [9.17, 15) is 9.59 Å². The van der Waals surface area contributed by atoms with Crippen molar-refractivity contribution in [1.82, 2.24) is 14.8 Å². The molecule has 0 saturated heterocycles. The lowest BCUT2D eigenvalue weighted by Gasteiger charge is -2.13. The van der Waals surface area contributed by atoms with Crippen molar-refractivity contribution < 1.29 is 4.79 Å². The Morgan fingerprint density at radius 1 is 1.43 bits per heavy atom. The number of carbonyl (C=O) groups is 1. The maximum Gasteiger partial charge on any atom is 0.344 e. The number of carbonyl (C=O) groups excluding carboxylic acids is 1. The van der Waals surface area contributed by atoms with Crippen LogP contribution < -0.4 is 11.0 Å². The second-order valence-electron chi connectivity index (χ2n) is 5.26. The molecule has 0 spiro atoms. The van der Waals surface area contributed by atoms with Gasteiger partial charge in [-0.15, -0.1) is 5.10 Å². The van der Waals surface area contributed by atoms with Gasteiger partial charge >= 0.3 is 5.69 Å². The summed E-state index contributed by atoms with van der Waals surface area (Å²) < 4.78 is 1.61. The van der Waals surface area contributed by atoms with Crippen LogP contribution in [0.1, 0.15) is 25.8 Å². The summed E-state index contributed by atoms with van der Waals surface area (Å²) in [4.78, 5) is 24.1. The first-order chi connectivity index (χ1) is 11.0. The molecule has 1 amide bonds. The summed E-state index contributed by atoms with van der Waals surface area (Å²) in [7, 11) is 0.